The lowest BCUT2D eigenvalue weighted by Crippen LogP contribution is -2.56. The number of aromatic nitrogens is 2. The van der Waals surface area contributed by atoms with Gasteiger partial charge in [0.1, 0.15) is 22.4 Å². The number of hydrogen-bond acceptors (Lipinski definition) is 6. The number of aliphatic hydroxyl groups excluding tert-OH is 1. The molecule has 3 heterocycles. The second kappa shape index (κ2) is 6.29. The van der Waals surface area contributed by atoms with Gasteiger partial charge in [-0.3, -0.25) is 4.79 Å². The third-order valence-corrected chi connectivity index (χ3v) is 6.27. The van der Waals surface area contributed by atoms with Crippen LogP contribution in [0.1, 0.15) is 36.6 Å². The highest BCUT2D eigenvalue weighted by Crippen LogP contribution is 2.40. The minimum absolute atomic E-state index is 0.276. The molecule has 2 atom stereocenters. The third-order valence-electron chi connectivity index (χ3n) is 5.15. The van der Waals surface area contributed by atoms with Crippen molar-refractivity contribution in [2.75, 3.05) is 18.0 Å². The highest BCUT2D eigenvalue weighted by molar-refractivity contribution is 7.18. The van der Waals surface area contributed by atoms with Gasteiger partial charge in [-0.1, -0.05) is 13.3 Å². The van der Waals surface area contributed by atoms with E-state index in [0.29, 0.717) is 25.8 Å². The fraction of sp³-hybridized carbons (Fsp3) is 0.588. The molecule has 0 bridgehead atoms. The molecule has 1 fully saturated rings. The van der Waals surface area contributed by atoms with Crippen molar-refractivity contribution < 1.29 is 15.0 Å². The number of fused-ring (bicyclic) bond motifs is 1. The smallest absolute Gasteiger partial charge is 0.314 e. The van der Waals surface area contributed by atoms with Crippen molar-refractivity contribution in [3.8, 4) is 0 Å². The first-order chi connectivity index (χ1) is 11.4. The van der Waals surface area contributed by atoms with Crippen LogP contribution in [0.25, 0.3) is 10.2 Å². The Morgan fingerprint density at radius 1 is 1.46 bits per heavy atom. The van der Waals surface area contributed by atoms with Gasteiger partial charge >= 0.3 is 5.97 Å². The number of carbonyl (C=O) groups is 1. The van der Waals surface area contributed by atoms with E-state index in [4.69, 9.17) is 0 Å². The third kappa shape index (κ3) is 2.56. The Labute approximate surface area is 145 Å². The van der Waals surface area contributed by atoms with Gasteiger partial charge in [-0.25, -0.2) is 9.97 Å². The van der Waals surface area contributed by atoms with Crippen molar-refractivity contribution in [2.24, 2.45) is 5.41 Å². The minimum atomic E-state index is -1.14. The summed E-state index contributed by atoms with van der Waals surface area (Å²) in [7, 11) is 0. The van der Waals surface area contributed by atoms with Crippen molar-refractivity contribution in [1.82, 2.24) is 9.97 Å². The molecule has 0 aliphatic carbocycles. The Bertz CT molecular complexity index is 776. The molecule has 0 aromatic carbocycles. The Morgan fingerprint density at radius 2 is 2.21 bits per heavy atom. The van der Waals surface area contributed by atoms with Crippen LogP contribution in [0.3, 0.4) is 0 Å². The van der Waals surface area contributed by atoms with E-state index in [2.05, 4.69) is 23.8 Å². The SMILES string of the molecule is CCC[C@]1(C(=O)O)CN(c2ncnc3sc(C)c(C)c23)CC[C@H]1O. The van der Waals surface area contributed by atoms with E-state index in [-0.39, 0.29) is 6.54 Å². The first kappa shape index (κ1) is 17.1. The number of anilines is 1. The Morgan fingerprint density at radius 3 is 2.88 bits per heavy atom. The molecule has 130 valence electrons. The van der Waals surface area contributed by atoms with Gasteiger partial charge in [0.25, 0.3) is 0 Å². The molecule has 2 aromatic heterocycles. The van der Waals surface area contributed by atoms with Crippen LogP contribution in [0, 0.1) is 19.3 Å². The Balaban J connectivity index is 2.06. The van der Waals surface area contributed by atoms with Crippen molar-refractivity contribution in [1.29, 1.82) is 0 Å². The van der Waals surface area contributed by atoms with Gasteiger partial charge in [-0.2, -0.15) is 0 Å². The summed E-state index contributed by atoms with van der Waals surface area (Å²) in [6.07, 6.45) is 2.32. The summed E-state index contributed by atoms with van der Waals surface area (Å²) in [5.41, 5.74) is 0.0108. The van der Waals surface area contributed by atoms with E-state index in [1.165, 1.54) is 4.88 Å². The summed E-state index contributed by atoms with van der Waals surface area (Å²) in [6, 6.07) is 0. The monoisotopic (exact) mass is 349 g/mol. The first-order valence-corrected chi connectivity index (χ1v) is 9.09. The van der Waals surface area contributed by atoms with E-state index in [9.17, 15) is 15.0 Å². The van der Waals surface area contributed by atoms with E-state index >= 15 is 0 Å². The minimum Gasteiger partial charge on any atom is -0.481 e. The summed E-state index contributed by atoms with van der Waals surface area (Å²) >= 11 is 1.63. The Kier molecular flexibility index (Phi) is 4.48. The van der Waals surface area contributed by atoms with Crippen LogP contribution in [-0.4, -0.2) is 45.3 Å². The second-order valence-corrected chi connectivity index (χ2v) is 7.80. The lowest BCUT2D eigenvalue weighted by atomic mass is 9.74. The Hall–Kier alpha value is -1.73. The van der Waals surface area contributed by atoms with Gasteiger partial charge < -0.3 is 15.1 Å². The molecule has 0 radical (unpaired) electrons. The summed E-state index contributed by atoms with van der Waals surface area (Å²) in [4.78, 5) is 24.9. The topological polar surface area (TPSA) is 86.5 Å². The van der Waals surface area contributed by atoms with Crippen LogP contribution in [0.15, 0.2) is 6.33 Å². The van der Waals surface area contributed by atoms with Crippen molar-refractivity contribution in [3.63, 3.8) is 0 Å². The van der Waals surface area contributed by atoms with E-state index < -0.39 is 17.5 Å². The number of rotatable bonds is 4. The van der Waals surface area contributed by atoms with Crippen molar-refractivity contribution in [3.05, 3.63) is 16.8 Å². The maximum absolute atomic E-state index is 12.0. The van der Waals surface area contributed by atoms with Gasteiger partial charge in [-0.15, -0.1) is 11.3 Å². The number of nitrogens with zero attached hydrogens (tertiary/aromatic N) is 3. The molecular formula is C17H23N3O3S. The molecule has 0 amide bonds. The van der Waals surface area contributed by atoms with Gasteiger partial charge in [0, 0.05) is 18.0 Å². The summed E-state index contributed by atoms with van der Waals surface area (Å²) in [6.45, 7) is 6.93. The number of carboxylic acid groups (broad SMARTS) is 1. The molecule has 6 nitrogen and oxygen atoms in total. The normalized spacial score (nSPS) is 24.5. The molecule has 1 aliphatic rings. The van der Waals surface area contributed by atoms with Crippen LogP contribution in [0.4, 0.5) is 5.82 Å². The van der Waals surface area contributed by atoms with Crippen LogP contribution in [-0.2, 0) is 4.79 Å². The summed E-state index contributed by atoms with van der Waals surface area (Å²) in [5, 5.41) is 21.2. The van der Waals surface area contributed by atoms with E-state index in [1.807, 2.05) is 11.8 Å². The maximum Gasteiger partial charge on any atom is 0.314 e. The molecule has 2 aromatic rings. The van der Waals surface area contributed by atoms with Crippen LogP contribution in [0.5, 0.6) is 0 Å². The number of piperidine rings is 1. The van der Waals surface area contributed by atoms with Crippen LogP contribution in [0.2, 0.25) is 0 Å². The van der Waals surface area contributed by atoms with Crippen LogP contribution >= 0.6 is 11.3 Å². The number of aryl methyl sites for hydroxylation is 2. The lowest BCUT2D eigenvalue weighted by molar-refractivity contribution is -0.158. The summed E-state index contributed by atoms with van der Waals surface area (Å²) in [5.74, 6) is -0.138. The number of carboxylic acids is 1. The zero-order valence-corrected chi connectivity index (χ0v) is 15.1. The molecule has 7 heteroatoms. The molecule has 0 saturated carbocycles. The van der Waals surface area contributed by atoms with Gasteiger partial charge in [0.2, 0.25) is 0 Å². The van der Waals surface area contributed by atoms with Crippen LogP contribution < -0.4 is 4.90 Å². The highest BCUT2D eigenvalue weighted by atomic mass is 32.1. The zero-order valence-electron chi connectivity index (χ0n) is 14.2. The van der Waals surface area contributed by atoms with Gasteiger partial charge in [0.05, 0.1) is 11.5 Å². The van der Waals surface area contributed by atoms with E-state index in [1.54, 1.807) is 17.7 Å². The van der Waals surface area contributed by atoms with Gasteiger partial charge in [-0.05, 0) is 32.3 Å². The number of hydrogen-bond donors (Lipinski definition) is 2. The second-order valence-electron chi connectivity index (χ2n) is 6.60. The van der Waals surface area contributed by atoms with Crippen molar-refractivity contribution >= 4 is 33.3 Å². The average Bonchev–Trinajstić information content (AvgIpc) is 2.84. The maximum atomic E-state index is 12.0. The van der Waals surface area contributed by atoms with E-state index in [0.717, 1.165) is 21.6 Å². The standard InChI is InChI=1S/C17H23N3O3S/c1-4-6-17(16(22)23)8-20(7-5-12(17)21)14-13-10(2)11(3)24-15(13)19-9-18-14/h9,12,21H,4-8H2,1-3H3,(H,22,23)/t12-,17+/m1/s1. The first-order valence-electron chi connectivity index (χ1n) is 8.27. The molecule has 0 spiro atoms. The molecule has 1 saturated heterocycles. The molecule has 2 N–H and O–H groups in total. The summed E-state index contributed by atoms with van der Waals surface area (Å²) < 4.78 is 0. The van der Waals surface area contributed by atoms with Crippen molar-refractivity contribution in [2.45, 2.75) is 46.1 Å². The quantitative estimate of drug-likeness (QED) is 0.883. The largest absolute Gasteiger partial charge is 0.481 e. The predicted octanol–water partition coefficient (Wildman–Crippen LogP) is 2.75. The molecule has 0 unspecified atom stereocenters. The lowest BCUT2D eigenvalue weighted by Gasteiger charge is -2.44. The number of aliphatic hydroxyl groups is 1. The highest BCUT2D eigenvalue weighted by Gasteiger charge is 2.49. The number of thiophene rings is 1. The average molecular weight is 349 g/mol. The fourth-order valence-corrected chi connectivity index (χ4v) is 4.66. The molecule has 1 aliphatic heterocycles. The molecule has 3 rings (SSSR count). The molecular weight excluding hydrogens is 326 g/mol. The van der Waals surface area contributed by atoms with Gasteiger partial charge in [0.15, 0.2) is 0 Å². The fourth-order valence-electron chi connectivity index (χ4n) is 3.67. The number of aliphatic carboxylic acids is 1. The zero-order chi connectivity index (χ0) is 17.5. The predicted molar refractivity (Wildman–Crippen MR) is 94.7 cm³/mol. The molecule has 24 heavy (non-hydrogen) atoms.